The van der Waals surface area contributed by atoms with Crippen LogP contribution in [0, 0.1) is 0 Å². The second-order valence-corrected chi connectivity index (χ2v) is 3.23. The lowest BCUT2D eigenvalue weighted by atomic mass is 10.3. The second kappa shape index (κ2) is 6.68. The first-order chi connectivity index (χ1) is 7.80. The monoisotopic (exact) mass is 222 g/mol. The Bertz CT molecular complexity index is 334. The van der Waals surface area contributed by atoms with Gasteiger partial charge in [0.25, 0.3) is 0 Å². The highest BCUT2D eigenvalue weighted by Crippen LogP contribution is 2.14. The van der Waals surface area contributed by atoms with E-state index in [4.69, 9.17) is 10.6 Å². The standard InChI is InChI=1S/C11H18N4O/c1-3-8-13-11(15-12)14-9-4-6-10(16-2)7-5-9/h4-7H,3,8,12H2,1-2H3,(H2,13,14,15). The van der Waals surface area contributed by atoms with Gasteiger partial charge in [-0.15, -0.1) is 0 Å². The maximum atomic E-state index is 5.35. The Labute approximate surface area is 95.7 Å². The third-order valence-electron chi connectivity index (χ3n) is 1.98. The van der Waals surface area contributed by atoms with Crippen LogP contribution in [0.25, 0.3) is 0 Å². The predicted molar refractivity (Wildman–Crippen MR) is 66.5 cm³/mol. The van der Waals surface area contributed by atoms with Crippen molar-refractivity contribution in [2.24, 2.45) is 10.8 Å². The molecule has 0 amide bonds. The number of methoxy groups -OCH3 is 1. The molecule has 1 aromatic rings. The minimum atomic E-state index is 0.562. The Morgan fingerprint density at radius 2 is 2.06 bits per heavy atom. The minimum Gasteiger partial charge on any atom is -0.497 e. The number of guanidine groups is 1. The van der Waals surface area contributed by atoms with Gasteiger partial charge in [0, 0.05) is 12.2 Å². The van der Waals surface area contributed by atoms with Gasteiger partial charge in [0.1, 0.15) is 5.75 Å². The van der Waals surface area contributed by atoms with Crippen molar-refractivity contribution in [2.45, 2.75) is 13.3 Å². The zero-order valence-electron chi connectivity index (χ0n) is 9.66. The summed E-state index contributed by atoms with van der Waals surface area (Å²) in [6.45, 7) is 2.80. The summed E-state index contributed by atoms with van der Waals surface area (Å²) in [5.41, 5.74) is 3.43. The highest BCUT2D eigenvalue weighted by atomic mass is 16.5. The molecule has 16 heavy (non-hydrogen) atoms. The van der Waals surface area contributed by atoms with E-state index in [2.05, 4.69) is 22.7 Å². The Hall–Kier alpha value is -1.75. The number of aliphatic imine (C=N–C) groups is 1. The summed E-state index contributed by atoms with van der Waals surface area (Å²) in [7, 11) is 1.64. The fraction of sp³-hybridized carbons (Fsp3) is 0.364. The number of nitrogens with zero attached hydrogens (tertiary/aromatic N) is 1. The van der Waals surface area contributed by atoms with Crippen molar-refractivity contribution in [3.63, 3.8) is 0 Å². The fourth-order valence-corrected chi connectivity index (χ4v) is 1.16. The van der Waals surface area contributed by atoms with Gasteiger partial charge in [-0.25, -0.2) is 5.84 Å². The zero-order valence-corrected chi connectivity index (χ0v) is 9.66. The topological polar surface area (TPSA) is 71.7 Å². The van der Waals surface area contributed by atoms with E-state index in [1.165, 1.54) is 0 Å². The molecule has 0 spiro atoms. The number of hydrazine groups is 1. The molecular formula is C11H18N4O. The lowest BCUT2D eigenvalue weighted by molar-refractivity contribution is 0.415. The van der Waals surface area contributed by atoms with Gasteiger partial charge in [-0.05, 0) is 30.7 Å². The van der Waals surface area contributed by atoms with Crippen molar-refractivity contribution in [3.05, 3.63) is 24.3 Å². The largest absolute Gasteiger partial charge is 0.497 e. The molecule has 5 nitrogen and oxygen atoms in total. The van der Waals surface area contributed by atoms with Gasteiger partial charge in [0.2, 0.25) is 5.96 Å². The molecule has 1 rings (SSSR count). The van der Waals surface area contributed by atoms with Gasteiger partial charge >= 0.3 is 0 Å². The SMILES string of the molecule is CCCN=C(NN)Nc1ccc(OC)cc1. The smallest absolute Gasteiger partial charge is 0.210 e. The number of hydrogen-bond donors (Lipinski definition) is 3. The molecule has 0 fully saturated rings. The molecule has 0 saturated heterocycles. The number of hydrogen-bond acceptors (Lipinski definition) is 3. The number of ether oxygens (including phenoxy) is 1. The summed E-state index contributed by atoms with van der Waals surface area (Å²) in [6.07, 6.45) is 0.982. The molecule has 0 aromatic heterocycles. The van der Waals surface area contributed by atoms with E-state index >= 15 is 0 Å². The van der Waals surface area contributed by atoms with Gasteiger partial charge in [0.15, 0.2) is 0 Å². The molecule has 0 radical (unpaired) electrons. The van der Waals surface area contributed by atoms with Crippen molar-refractivity contribution < 1.29 is 4.74 Å². The maximum Gasteiger partial charge on any atom is 0.210 e. The van der Waals surface area contributed by atoms with Crippen molar-refractivity contribution in [2.75, 3.05) is 19.0 Å². The van der Waals surface area contributed by atoms with E-state index in [9.17, 15) is 0 Å². The molecule has 0 bridgehead atoms. The van der Waals surface area contributed by atoms with E-state index in [-0.39, 0.29) is 0 Å². The van der Waals surface area contributed by atoms with Gasteiger partial charge in [-0.1, -0.05) is 6.92 Å². The minimum absolute atomic E-state index is 0.562. The summed E-state index contributed by atoms with van der Waals surface area (Å²) < 4.78 is 5.07. The van der Waals surface area contributed by atoms with Gasteiger partial charge in [-0.2, -0.15) is 0 Å². The summed E-state index contributed by atoms with van der Waals surface area (Å²) in [6, 6.07) is 7.54. The van der Waals surface area contributed by atoms with Crippen LogP contribution < -0.4 is 21.3 Å². The van der Waals surface area contributed by atoms with Crippen molar-refractivity contribution in [3.8, 4) is 5.75 Å². The molecule has 0 aliphatic carbocycles. The average Bonchev–Trinajstić information content (AvgIpc) is 2.35. The summed E-state index contributed by atoms with van der Waals surface area (Å²) >= 11 is 0. The van der Waals surface area contributed by atoms with Gasteiger partial charge in [-0.3, -0.25) is 10.4 Å². The van der Waals surface area contributed by atoms with E-state index in [1.807, 2.05) is 24.3 Å². The second-order valence-electron chi connectivity index (χ2n) is 3.23. The number of nitrogens with one attached hydrogen (secondary N) is 2. The van der Waals surface area contributed by atoms with E-state index in [0.29, 0.717) is 5.96 Å². The number of nitrogens with two attached hydrogens (primary N) is 1. The van der Waals surface area contributed by atoms with E-state index < -0.39 is 0 Å². The van der Waals surface area contributed by atoms with Crippen molar-refractivity contribution in [1.29, 1.82) is 0 Å². The van der Waals surface area contributed by atoms with Crippen molar-refractivity contribution >= 4 is 11.6 Å². The summed E-state index contributed by atoms with van der Waals surface area (Å²) in [4.78, 5) is 4.24. The van der Waals surface area contributed by atoms with Crippen molar-refractivity contribution in [1.82, 2.24) is 5.43 Å². The third-order valence-corrected chi connectivity index (χ3v) is 1.98. The van der Waals surface area contributed by atoms with Gasteiger partial charge < -0.3 is 10.1 Å². The molecular weight excluding hydrogens is 204 g/mol. The van der Waals surface area contributed by atoms with Crippen LogP contribution in [0.1, 0.15) is 13.3 Å². The number of benzene rings is 1. The van der Waals surface area contributed by atoms with Crippen LogP contribution in [0.4, 0.5) is 5.69 Å². The predicted octanol–water partition coefficient (Wildman–Crippen LogP) is 1.34. The van der Waals surface area contributed by atoms with Crippen LogP contribution >= 0.6 is 0 Å². The first kappa shape index (κ1) is 12.3. The van der Waals surface area contributed by atoms with Crippen LogP contribution in [-0.4, -0.2) is 19.6 Å². The highest BCUT2D eigenvalue weighted by Gasteiger charge is 1.97. The Kier molecular flexibility index (Phi) is 5.15. The van der Waals surface area contributed by atoms with Crippen LogP contribution in [0.5, 0.6) is 5.75 Å². The Morgan fingerprint density at radius 1 is 1.38 bits per heavy atom. The van der Waals surface area contributed by atoms with Crippen LogP contribution in [0.2, 0.25) is 0 Å². The molecule has 0 aliphatic heterocycles. The summed E-state index contributed by atoms with van der Waals surface area (Å²) in [5, 5.41) is 3.07. The molecule has 4 N–H and O–H groups in total. The van der Waals surface area contributed by atoms with Crippen LogP contribution in [0.15, 0.2) is 29.3 Å². The molecule has 0 atom stereocenters. The average molecular weight is 222 g/mol. The molecule has 5 heteroatoms. The molecule has 88 valence electrons. The Morgan fingerprint density at radius 3 is 2.56 bits per heavy atom. The normalized spacial score (nSPS) is 11.1. The fourth-order valence-electron chi connectivity index (χ4n) is 1.16. The lowest BCUT2D eigenvalue weighted by Gasteiger charge is -2.09. The molecule has 1 aromatic carbocycles. The molecule has 0 aliphatic rings. The third kappa shape index (κ3) is 3.78. The van der Waals surface area contributed by atoms with Crippen LogP contribution in [0.3, 0.4) is 0 Å². The highest BCUT2D eigenvalue weighted by molar-refractivity contribution is 5.93. The first-order valence-corrected chi connectivity index (χ1v) is 5.22. The zero-order chi connectivity index (χ0) is 11.8. The molecule has 0 saturated carbocycles. The lowest BCUT2D eigenvalue weighted by Crippen LogP contribution is -2.36. The first-order valence-electron chi connectivity index (χ1n) is 5.22. The molecule has 0 unspecified atom stereocenters. The Balaban J connectivity index is 2.63. The van der Waals surface area contributed by atoms with Gasteiger partial charge in [0.05, 0.1) is 7.11 Å². The number of anilines is 1. The maximum absolute atomic E-state index is 5.35. The van der Waals surface area contributed by atoms with E-state index in [1.54, 1.807) is 7.11 Å². The number of rotatable bonds is 4. The van der Waals surface area contributed by atoms with E-state index in [0.717, 1.165) is 24.4 Å². The molecule has 0 heterocycles. The van der Waals surface area contributed by atoms with Crippen LogP contribution in [-0.2, 0) is 0 Å². The summed E-state index contributed by atoms with van der Waals surface area (Å²) in [5.74, 6) is 6.73. The quantitative estimate of drug-likeness (QED) is 0.311.